The van der Waals surface area contributed by atoms with Gasteiger partial charge in [0.1, 0.15) is 0 Å². The van der Waals surface area contributed by atoms with Gasteiger partial charge in [0.15, 0.2) is 0 Å². The molecule has 4 heterocycles. The molecule has 11 aromatic carbocycles. The topological polar surface area (TPSA) is 13.1 Å². The van der Waals surface area contributed by atoms with Crippen molar-refractivity contribution in [2.45, 2.75) is 39.0 Å². The van der Waals surface area contributed by atoms with E-state index in [0.717, 1.165) is 22.6 Å². The standard InChI is InChI=1S/C68H46BN3/c1-38(2)40-29-30-55-54(33-40)69-65-59(70(55)43-19-6-5-7-20-43)35-44(71-56-27-15-25-48-46-22-11-10-21-45(46)47-24-14-18-39-28-31-57(71)64(61(39)47)63(48)56)36-60(65)72-58-34-42-17-9-8-16-41(42)32-50(58)51-37-53-62(66(69)67(51)72)49-23-12-13-26-52(49)68(53,3)4/h5-38H,1-4H3/i38D. The Balaban J connectivity index is 1.10. The Bertz CT molecular complexity index is 4700. The van der Waals surface area contributed by atoms with E-state index in [9.17, 15) is 1.37 Å². The molecule has 0 N–H and O–H groups in total. The molecule has 0 saturated carbocycles. The molecule has 0 fully saturated rings. The van der Waals surface area contributed by atoms with E-state index in [1.807, 2.05) is 13.8 Å². The monoisotopic (exact) mass is 916 g/mol. The van der Waals surface area contributed by atoms with Crippen molar-refractivity contribution in [1.82, 2.24) is 9.13 Å². The second kappa shape index (κ2) is 13.4. The molecule has 0 bridgehead atoms. The van der Waals surface area contributed by atoms with Crippen LogP contribution in [0.15, 0.2) is 200 Å². The number of rotatable bonds is 3. The van der Waals surface area contributed by atoms with Crippen LogP contribution in [0.2, 0.25) is 0 Å². The first-order chi connectivity index (χ1) is 35.6. The van der Waals surface area contributed by atoms with E-state index in [1.165, 1.54) is 137 Å². The van der Waals surface area contributed by atoms with Crippen molar-refractivity contribution in [3.05, 3.63) is 217 Å². The first kappa shape index (κ1) is 38.2. The van der Waals surface area contributed by atoms with Crippen LogP contribution in [0.3, 0.4) is 0 Å². The highest BCUT2D eigenvalue weighted by atomic mass is 15.2. The summed E-state index contributed by atoms with van der Waals surface area (Å²) >= 11 is 0. The Morgan fingerprint density at radius 1 is 0.444 bits per heavy atom. The van der Waals surface area contributed by atoms with Crippen LogP contribution in [0.4, 0.5) is 17.1 Å². The summed E-state index contributed by atoms with van der Waals surface area (Å²) < 4.78 is 14.8. The number of benzene rings is 11. The van der Waals surface area contributed by atoms with Gasteiger partial charge in [-0.05, 0) is 155 Å². The van der Waals surface area contributed by atoms with Crippen molar-refractivity contribution in [2.24, 2.45) is 0 Å². The summed E-state index contributed by atoms with van der Waals surface area (Å²) in [6.45, 7) is 8.76. The Morgan fingerprint density at radius 2 is 1.11 bits per heavy atom. The molecule has 0 saturated heterocycles. The van der Waals surface area contributed by atoms with Crippen LogP contribution >= 0.6 is 0 Å². The summed E-state index contributed by atoms with van der Waals surface area (Å²) in [5, 5.41) is 10.2. The number of anilines is 3. The molecule has 0 spiro atoms. The second-order valence-corrected chi connectivity index (χ2v) is 21.6. The highest BCUT2D eigenvalue weighted by Crippen LogP contribution is 2.54. The maximum absolute atomic E-state index is 9.52. The molecule has 0 unspecified atom stereocenters. The van der Waals surface area contributed by atoms with Gasteiger partial charge in [-0.25, -0.2) is 0 Å². The van der Waals surface area contributed by atoms with Crippen molar-refractivity contribution >= 4 is 105 Å². The van der Waals surface area contributed by atoms with Crippen molar-refractivity contribution in [1.29, 1.82) is 0 Å². The fourth-order valence-electron chi connectivity index (χ4n) is 14.3. The number of nitrogens with zero attached hydrogens (tertiary/aromatic N) is 3. The van der Waals surface area contributed by atoms with E-state index in [0.29, 0.717) is 0 Å². The molecule has 336 valence electrons. The van der Waals surface area contributed by atoms with Gasteiger partial charge in [-0.3, -0.25) is 0 Å². The molecule has 0 amide bonds. The van der Waals surface area contributed by atoms with Gasteiger partial charge < -0.3 is 14.0 Å². The number of hydrogen-bond donors (Lipinski definition) is 0. The third-order valence-electron chi connectivity index (χ3n) is 17.4. The maximum atomic E-state index is 9.52. The average molecular weight is 917 g/mol. The summed E-state index contributed by atoms with van der Waals surface area (Å²) in [5.41, 5.74) is 25.8. The summed E-state index contributed by atoms with van der Waals surface area (Å²) in [5.74, 6) is -0.811. The van der Waals surface area contributed by atoms with E-state index in [1.54, 1.807) is 0 Å². The Labute approximate surface area is 419 Å². The van der Waals surface area contributed by atoms with Crippen LogP contribution < -0.4 is 21.3 Å². The zero-order valence-electron chi connectivity index (χ0n) is 41.5. The minimum atomic E-state index is -0.811. The quantitative estimate of drug-likeness (QED) is 0.161. The lowest BCUT2D eigenvalue weighted by molar-refractivity contribution is 0.661. The maximum Gasteiger partial charge on any atom is 0.253 e. The van der Waals surface area contributed by atoms with Crippen molar-refractivity contribution in [2.75, 3.05) is 4.90 Å². The highest BCUT2D eigenvalue weighted by Gasteiger charge is 2.48. The van der Waals surface area contributed by atoms with Crippen molar-refractivity contribution in [3.63, 3.8) is 0 Å². The Kier molecular flexibility index (Phi) is 7.12. The van der Waals surface area contributed by atoms with Gasteiger partial charge in [0.2, 0.25) is 0 Å². The molecule has 2 aliphatic carbocycles. The summed E-state index contributed by atoms with van der Waals surface area (Å²) in [7, 11) is 0. The van der Waals surface area contributed by atoms with Crippen LogP contribution in [-0.4, -0.2) is 15.8 Å². The molecule has 17 rings (SSSR count). The third kappa shape index (κ3) is 4.70. The van der Waals surface area contributed by atoms with Gasteiger partial charge in [0.25, 0.3) is 6.71 Å². The van der Waals surface area contributed by atoms with E-state index in [-0.39, 0.29) is 12.1 Å². The van der Waals surface area contributed by atoms with E-state index < -0.39 is 5.89 Å². The average Bonchev–Trinajstić information content (AvgIpc) is 4.01. The van der Waals surface area contributed by atoms with Gasteiger partial charge in [-0.1, -0.05) is 167 Å². The largest absolute Gasteiger partial charge is 0.311 e. The normalized spacial score (nSPS) is 14.6. The number of hydrogen-bond acceptors (Lipinski definition) is 1. The zero-order valence-corrected chi connectivity index (χ0v) is 40.5. The summed E-state index contributed by atoms with van der Waals surface area (Å²) in [6, 6.07) is 75.9. The molecular formula is C68H46BN3. The van der Waals surface area contributed by atoms with Crippen LogP contribution in [0.5, 0.6) is 0 Å². The minimum absolute atomic E-state index is 0.139. The molecule has 4 heteroatoms. The smallest absolute Gasteiger partial charge is 0.253 e. The zero-order chi connectivity index (χ0) is 48.4. The summed E-state index contributed by atoms with van der Waals surface area (Å²) in [6.07, 6.45) is 0. The van der Waals surface area contributed by atoms with Gasteiger partial charge in [0.05, 0.1) is 22.2 Å². The molecule has 13 aromatic rings. The number of aromatic nitrogens is 2. The van der Waals surface area contributed by atoms with Crippen molar-refractivity contribution in [3.8, 4) is 44.8 Å². The van der Waals surface area contributed by atoms with Crippen LogP contribution in [0, 0.1) is 0 Å². The fraction of sp³-hybridized carbons (Fsp3) is 0.0882. The lowest BCUT2D eigenvalue weighted by Crippen LogP contribution is -2.61. The molecule has 3 nitrogen and oxygen atoms in total. The molecule has 0 atom stereocenters. The van der Waals surface area contributed by atoms with Crippen molar-refractivity contribution < 1.29 is 1.37 Å². The fourth-order valence-corrected chi connectivity index (χ4v) is 14.3. The minimum Gasteiger partial charge on any atom is -0.311 e. The molecule has 72 heavy (non-hydrogen) atoms. The molecule has 4 aliphatic rings. The SMILES string of the molecule is [2H]C(C)(C)c1ccc2c(c1)B1c3c(cc(-n4c5cccc6c5c5c7c(cccc7ccc54)-c4ccccc4-6)cc3-n3c4cc5ccccc5cc4c4cc5c(c1c43)-c1ccccc1C5(C)C)N2c1ccccc1. The van der Waals surface area contributed by atoms with E-state index >= 15 is 0 Å². The predicted molar refractivity (Wildman–Crippen MR) is 306 cm³/mol. The van der Waals surface area contributed by atoms with Crippen LogP contribution in [0.25, 0.3) is 110 Å². The lowest BCUT2D eigenvalue weighted by atomic mass is 9.32. The van der Waals surface area contributed by atoms with Crippen LogP contribution in [0.1, 0.15) is 51.7 Å². The molecule has 2 aliphatic heterocycles. The Hall–Kier alpha value is -8.60. The molecular weight excluding hydrogens is 870 g/mol. The summed E-state index contributed by atoms with van der Waals surface area (Å²) in [4.78, 5) is 2.53. The third-order valence-corrected chi connectivity index (χ3v) is 17.4. The Morgan fingerprint density at radius 3 is 1.92 bits per heavy atom. The van der Waals surface area contributed by atoms with Crippen LogP contribution in [-0.2, 0) is 5.41 Å². The van der Waals surface area contributed by atoms with Gasteiger partial charge in [-0.2, -0.15) is 0 Å². The van der Waals surface area contributed by atoms with Gasteiger partial charge >= 0.3 is 0 Å². The lowest BCUT2D eigenvalue weighted by Gasteiger charge is -2.41. The van der Waals surface area contributed by atoms with E-state index in [2.05, 4.69) is 228 Å². The first-order valence-corrected chi connectivity index (χ1v) is 25.5. The van der Waals surface area contributed by atoms with E-state index in [4.69, 9.17) is 0 Å². The van der Waals surface area contributed by atoms with Gasteiger partial charge in [-0.15, -0.1) is 0 Å². The highest BCUT2D eigenvalue weighted by molar-refractivity contribution is 7.01. The number of fused-ring (bicyclic) bond motifs is 15. The molecule has 0 radical (unpaired) electrons. The predicted octanol–water partition coefficient (Wildman–Crippen LogP) is 15.9. The number of para-hydroxylation sites is 1. The second-order valence-electron chi connectivity index (χ2n) is 21.6. The molecule has 2 aromatic heterocycles. The first-order valence-electron chi connectivity index (χ1n) is 26.0. The van der Waals surface area contributed by atoms with Gasteiger partial charge in [0, 0.05) is 56.6 Å².